The maximum Gasteiger partial charge on any atom is 0.253 e. The van der Waals surface area contributed by atoms with Crippen molar-refractivity contribution in [3.63, 3.8) is 0 Å². The molecule has 1 aromatic carbocycles. The third-order valence-electron chi connectivity index (χ3n) is 5.85. The van der Waals surface area contributed by atoms with Crippen LogP contribution < -0.4 is 16.6 Å². The summed E-state index contributed by atoms with van der Waals surface area (Å²) in [7, 11) is 0. The van der Waals surface area contributed by atoms with Gasteiger partial charge in [0.1, 0.15) is 0 Å². The minimum atomic E-state index is -0.248. The standard InChI is InChI=1S/C25H28N6O2/c1-13(2)31-12-15(4)22-19(7-17(8-21(22)31)18-9-28-25(26)29-10-18)23(32)27-11-20-14(3)6-16(5)30-24(20)33/h6-10,12-13H,11H2,1-5H3,(H,27,32)(H,30,33)(H2,26,28,29). The van der Waals surface area contributed by atoms with E-state index in [0.717, 1.165) is 38.9 Å². The molecule has 0 saturated heterocycles. The molecule has 1 amide bonds. The van der Waals surface area contributed by atoms with Gasteiger partial charge in [-0.1, -0.05) is 0 Å². The van der Waals surface area contributed by atoms with Gasteiger partial charge >= 0.3 is 0 Å². The van der Waals surface area contributed by atoms with Crippen LogP contribution >= 0.6 is 0 Å². The molecule has 0 aliphatic rings. The average molecular weight is 445 g/mol. The first-order chi connectivity index (χ1) is 15.7. The number of pyridine rings is 1. The van der Waals surface area contributed by atoms with Crippen LogP contribution in [0.15, 0.2) is 41.6 Å². The molecule has 4 rings (SSSR count). The van der Waals surface area contributed by atoms with Gasteiger partial charge in [0.25, 0.3) is 11.5 Å². The van der Waals surface area contributed by atoms with Crippen LogP contribution in [0.2, 0.25) is 0 Å². The zero-order chi connectivity index (χ0) is 23.9. The molecule has 0 unspecified atom stereocenters. The van der Waals surface area contributed by atoms with Crippen LogP contribution in [-0.4, -0.2) is 25.4 Å². The number of amides is 1. The summed E-state index contributed by atoms with van der Waals surface area (Å²) in [5, 5.41) is 3.83. The maximum atomic E-state index is 13.4. The molecule has 3 heterocycles. The lowest BCUT2D eigenvalue weighted by atomic mass is 9.99. The van der Waals surface area contributed by atoms with E-state index in [2.05, 4.69) is 44.9 Å². The first kappa shape index (κ1) is 22.3. The topological polar surface area (TPSA) is 119 Å². The van der Waals surface area contributed by atoms with Gasteiger partial charge in [0.2, 0.25) is 5.95 Å². The third-order valence-corrected chi connectivity index (χ3v) is 5.85. The molecule has 8 nitrogen and oxygen atoms in total. The van der Waals surface area contributed by atoms with E-state index in [-0.39, 0.29) is 30.0 Å². The van der Waals surface area contributed by atoms with Crippen molar-refractivity contribution in [1.29, 1.82) is 0 Å². The van der Waals surface area contributed by atoms with Crippen LogP contribution in [0, 0.1) is 20.8 Å². The van der Waals surface area contributed by atoms with E-state index < -0.39 is 0 Å². The van der Waals surface area contributed by atoms with Crippen LogP contribution in [0.25, 0.3) is 22.0 Å². The highest BCUT2D eigenvalue weighted by Gasteiger charge is 2.19. The molecule has 8 heteroatoms. The van der Waals surface area contributed by atoms with Crippen molar-refractivity contribution in [1.82, 2.24) is 24.8 Å². The summed E-state index contributed by atoms with van der Waals surface area (Å²) in [6.07, 6.45) is 5.36. The zero-order valence-corrected chi connectivity index (χ0v) is 19.5. The molecule has 3 aromatic heterocycles. The quantitative estimate of drug-likeness (QED) is 0.433. The molecular formula is C25H28N6O2. The van der Waals surface area contributed by atoms with E-state index in [9.17, 15) is 9.59 Å². The van der Waals surface area contributed by atoms with E-state index >= 15 is 0 Å². The van der Waals surface area contributed by atoms with Gasteiger partial charge in [0.05, 0.1) is 0 Å². The lowest BCUT2D eigenvalue weighted by molar-refractivity contribution is 0.0952. The number of carbonyl (C=O) groups is 1. The van der Waals surface area contributed by atoms with E-state index in [4.69, 9.17) is 5.73 Å². The van der Waals surface area contributed by atoms with E-state index in [1.807, 2.05) is 39.0 Å². The molecule has 4 N–H and O–H groups in total. The van der Waals surface area contributed by atoms with Crippen LogP contribution in [0.1, 0.15) is 52.6 Å². The number of hydrogen-bond acceptors (Lipinski definition) is 5. The van der Waals surface area contributed by atoms with Crippen molar-refractivity contribution >= 4 is 22.8 Å². The number of H-pyrrole nitrogens is 1. The monoisotopic (exact) mass is 444 g/mol. The molecule has 0 spiro atoms. The fourth-order valence-electron chi connectivity index (χ4n) is 4.21. The first-order valence-electron chi connectivity index (χ1n) is 10.9. The second kappa shape index (κ2) is 8.54. The Hall–Kier alpha value is -3.94. The number of benzene rings is 1. The van der Waals surface area contributed by atoms with Gasteiger partial charge in [-0.15, -0.1) is 0 Å². The highest BCUT2D eigenvalue weighted by atomic mass is 16.1. The Balaban J connectivity index is 1.80. The average Bonchev–Trinajstić information content (AvgIpc) is 3.09. The van der Waals surface area contributed by atoms with Gasteiger partial charge in [-0.3, -0.25) is 9.59 Å². The minimum Gasteiger partial charge on any atom is -0.368 e. The van der Waals surface area contributed by atoms with Gasteiger partial charge < -0.3 is 20.6 Å². The van der Waals surface area contributed by atoms with Crippen LogP contribution in [0.3, 0.4) is 0 Å². The normalized spacial score (nSPS) is 11.3. The van der Waals surface area contributed by atoms with Crippen molar-refractivity contribution in [2.45, 2.75) is 47.2 Å². The molecule has 0 saturated carbocycles. The fourth-order valence-corrected chi connectivity index (χ4v) is 4.21. The first-order valence-corrected chi connectivity index (χ1v) is 10.9. The van der Waals surface area contributed by atoms with Crippen LogP contribution in [0.5, 0.6) is 0 Å². The number of nitrogens with zero attached hydrogens (tertiary/aromatic N) is 3. The Bertz CT molecular complexity index is 1410. The highest BCUT2D eigenvalue weighted by molar-refractivity contribution is 6.09. The number of aromatic amines is 1. The molecule has 170 valence electrons. The molecule has 0 fully saturated rings. The number of aromatic nitrogens is 4. The summed E-state index contributed by atoms with van der Waals surface area (Å²) in [5.74, 6) is -0.0555. The number of hydrogen-bond donors (Lipinski definition) is 3. The predicted octanol–water partition coefficient (Wildman–Crippen LogP) is 3.80. The zero-order valence-electron chi connectivity index (χ0n) is 19.5. The largest absolute Gasteiger partial charge is 0.368 e. The Morgan fingerprint density at radius 2 is 1.79 bits per heavy atom. The third kappa shape index (κ3) is 4.24. The Morgan fingerprint density at radius 3 is 2.42 bits per heavy atom. The van der Waals surface area contributed by atoms with E-state index in [1.165, 1.54) is 0 Å². The smallest absolute Gasteiger partial charge is 0.253 e. The van der Waals surface area contributed by atoms with Crippen molar-refractivity contribution in [2.75, 3.05) is 5.73 Å². The summed E-state index contributed by atoms with van der Waals surface area (Å²) in [6.45, 7) is 10.0. The Kier molecular flexibility index (Phi) is 5.76. The number of fused-ring (bicyclic) bond motifs is 1. The van der Waals surface area contributed by atoms with Crippen molar-refractivity contribution < 1.29 is 4.79 Å². The second-order valence-electron chi connectivity index (χ2n) is 8.69. The van der Waals surface area contributed by atoms with Gasteiger partial charge in [0, 0.05) is 64.5 Å². The SMILES string of the molecule is Cc1cc(C)c(CNC(=O)c2cc(-c3cnc(N)nc3)cc3c2c(C)cn3C(C)C)c(=O)[nH]1. The lowest BCUT2D eigenvalue weighted by Gasteiger charge is -2.14. The Morgan fingerprint density at radius 1 is 1.09 bits per heavy atom. The summed E-state index contributed by atoms with van der Waals surface area (Å²) < 4.78 is 2.15. The summed E-state index contributed by atoms with van der Waals surface area (Å²) >= 11 is 0. The number of nitrogen functional groups attached to an aromatic ring is 1. The number of aryl methyl sites for hydroxylation is 3. The molecule has 4 aromatic rings. The molecule has 0 aliphatic heterocycles. The van der Waals surface area contributed by atoms with Crippen molar-refractivity contribution in [3.8, 4) is 11.1 Å². The summed E-state index contributed by atoms with van der Waals surface area (Å²) in [4.78, 5) is 36.8. The van der Waals surface area contributed by atoms with Crippen LogP contribution in [0.4, 0.5) is 5.95 Å². The number of rotatable bonds is 5. The van der Waals surface area contributed by atoms with Crippen molar-refractivity contribution in [3.05, 3.63) is 75.1 Å². The lowest BCUT2D eigenvalue weighted by Crippen LogP contribution is -2.28. The van der Waals surface area contributed by atoms with Gasteiger partial charge in [-0.05, 0) is 69.5 Å². The summed E-state index contributed by atoms with van der Waals surface area (Å²) in [6, 6.07) is 6.00. The molecule has 33 heavy (non-hydrogen) atoms. The molecular weight excluding hydrogens is 416 g/mol. The summed E-state index contributed by atoms with van der Waals surface area (Å²) in [5.41, 5.74) is 11.7. The fraction of sp³-hybridized carbons (Fsp3) is 0.280. The van der Waals surface area contributed by atoms with Crippen molar-refractivity contribution in [2.24, 2.45) is 0 Å². The highest BCUT2D eigenvalue weighted by Crippen LogP contribution is 2.32. The maximum absolute atomic E-state index is 13.4. The van der Waals surface area contributed by atoms with Gasteiger partial charge in [-0.2, -0.15) is 0 Å². The van der Waals surface area contributed by atoms with E-state index in [0.29, 0.717) is 11.1 Å². The van der Waals surface area contributed by atoms with Gasteiger partial charge in [-0.25, -0.2) is 9.97 Å². The van der Waals surface area contributed by atoms with Gasteiger partial charge in [0.15, 0.2) is 0 Å². The predicted molar refractivity (Wildman–Crippen MR) is 130 cm³/mol. The number of nitrogens with one attached hydrogen (secondary N) is 2. The minimum absolute atomic E-state index is 0.140. The van der Waals surface area contributed by atoms with Crippen LogP contribution in [-0.2, 0) is 6.54 Å². The Labute approximate surface area is 191 Å². The molecule has 0 bridgehead atoms. The molecule has 0 radical (unpaired) electrons. The molecule has 0 aliphatic carbocycles. The number of nitrogens with two attached hydrogens (primary N) is 1. The van der Waals surface area contributed by atoms with E-state index in [1.54, 1.807) is 12.4 Å². The molecule has 0 atom stereocenters. The second-order valence-corrected chi connectivity index (χ2v) is 8.69. The number of carbonyl (C=O) groups excluding carboxylic acids is 1. The number of anilines is 1.